The first kappa shape index (κ1) is 34.6. The number of hydrogen-bond donors (Lipinski definition) is 2. The lowest BCUT2D eigenvalue weighted by Crippen LogP contribution is -2.46. The van der Waals surface area contributed by atoms with Gasteiger partial charge in [-0.1, -0.05) is 48.5 Å². The van der Waals surface area contributed by atoms with E-state index in [0.717, 1.165) is 20.8 Å². The molecule has 1 aromatic heterocycles. The predicted octanol–water partition coefficient (Wildman–Crippen LogP) is 3.57. The predicted molar refractivity (Wildman–Crippen MR) is 165 cm³/mol. The van der Waals surface area contributed by atoms with Crippen molar-refractivity contribution in [3.8, 4) is 5.75 Å². The van der Waals surface area contributed by atoms with Crippen LogP contribution in [0.1, 0.15) is 39.5 Å². The Kier molecular flexibility index (Phi) is 11.4. The zero-order valence-electron chi connectivity index (χ0n) is 25.3. The summed E-state index contributed by atoms with van der Waals surface area (Å²) in [5.41, 5.74) is -0.526. The zero-order valence-corrected chi connectivity index (χ0v) is 26.9. The van der Waals surface area contributed by atoms with Gasteiger partial charge >= 0.3 is 19.4 Å². The van der Waals surface area contributed by atoms with Crippen LogP contribution < -0.4 is 20.9 Å². The number of halogens is 1. The summed E-state index contributed by atoms with van der Waals surface area (Å²) >= 11 is 6.73. The number of carbonyl (C=O) groups is 1. The maximum absolute atomic E-state index is 13.9. The summed E-state index contributed by atoms with van der Waals surface area (Å²) in [5, 5.41) is 13.7. The van der Waals surface area contributed by atoms with E-state index in [1.807, 2.05) is 30.3 Å². The molecule has 15 heteroatoms. The molecule has 1 unspecified atom stereocenters. The van der Waals surface area contributed by atoms with E-state index in [4.69, 9.17) is 34.9 Å². The SMILES string of the molecule is CC(C)OC(=O)[C@H](C)NP(=O)(OC[C@H]1O[C@@H](n2ccc(=O)n(COCc3ccccc3)c2=O)[C@](C)(Cl)[C@@H]1O)Oc1ccccc1. The molecule has 2 aromatic carbocycles. The van der Waals surface area contributed by atoms with Crippen LogP contribution >= 0.6 is 19.3 Å². The van der Waals surface area contributed by atoms with Crippen molar-refractivity contribution in [1.82, 2.24) is 14.2 Å². The lowest BCUT2D eigenvalue weighted by atomic mass is 10.0. The summed E-state index contributed by atoms with van der Waals surface area (Å²) < 4.78 is 43.9. The summed E-state index contributed by atoms with van der Waals surface area (Å²) in [7, 11) is -4.28. The van der Waals surface area contributed by atoms with Gasteiger partial charge in [0.1, 0.15) is 35.6 Å². The highest BCUT2D eigenvalue weighted by molar-refractivity contribution is 7.52. The van der Waals surface area contributed by atoms with E-state index in [0.29, 0.717) is 0 Å². The average molecular weight is 666 g/mol. The molecular formula is C30H37ClN3O10P. The number of para-hydroxylation sites is 1. The van der Waals surface area contributed by atoms with Gasteiger partial charge in [0.2, 0.25) is 0 Å². The normalized spacial score (nSPS) is 23.4. The highest BCUT2D eigenvalue weighted by atomic mass is 35.5. The standard InChI is InChI=1S/C30H37ClN3O10P/c1-20(2)42-27(37)21(3)32-45(39,44-23-13-9-6-10-14-23)41-18-24-26(36)30(4,31)28(43-24)33-16-15-25(35)34(29(33)38)19-40-17-22-11-7-5-8-12-22/h5-16,20-21,24,26,28,36H,17-19H2,1-4H3,(H,32,39)/t21-,24+,26+,28+,30+,45?/m0/s1. The number of nitrogens with one attached hydrogen (secondary N) is 1. The van der Waals surface area contributed by atoms with Gasteiger partial charge < -0.3 is 23.8 Å². The second kappa shape index (κ2) is 14.9. The molecule has 2 N–H and O–H groups in total. The van der Waals surface area contributed by atoms with Crippen LogP contribution in [0.15, 0.2) is 82.5 Å². The van der Waals surface area contributed by atoms with Crippen molar-refractivity contribution in [2.45, 2.75) is 76.5 Å². The van der Waals surface area contributed by atoms with E-state index in [2.05, 4.69) is 5.09 Å². The fourth-order valence-electron chi connectivity index (χ4n) is 4.51. The van der Waals surface area contributed by atoms with Gasteiger partial charge in [0.15, 0.2) is 6.23 Å². The summed E-state index contributed by atoms with van der Waals surface area (Å²) in [5.74, 6) is -0.493. The lowest BCUT2D eigenvalue weighted by molar-refractivity contribution is -0.149. The topological polar surface area (TPSA) is 157 Å². The quantitative estimate of drug-likeness (QED) is 0.147. The number of carbonyl (C=O) groups excluding carboxylic acids is 1. The highest BCUT2D eigenvalue weighted by Crippen LogP contribution is 2.48. The molecule has 2 heterocycles. The van der Waals surface area contributed by atoms with Crippen LogP contribution in [0.25, 0.3) is 0 Å². The molecule has 6 atom stereocenters. The molecule has 0 aliphatic carbocycles. The molecule has 1 aliphatic rings. The maximum atomic E-state index is 13.9. The van der Waals surface area contributed by atoms with Crippen molar-refractivity contribution < 1.29 is 37.7 Å². The third kappa shape index (κ3) is 8.71. The molecule has 4 rings (SSSR count). The minimum Gasteiger partial charge on any atom is -0.462 e. The molecule has 13 nitrogen and oxygen atoms in total. The first-order valence-corrected chi connectivity index (χ1v) is 16.2. The van der Waals surface area contributed by atoms with E-state index in [9.17, 15) is 24.1 Å². The fraction of sp³-hybridized carbons (Fsp3) is 0.433. The van der Waals surface area contributed by atoms with Crippen LogP contribution in [0.4, 0.5) is 0 Å². The van der Waals surface area contributed by atoms with Crippen molar-refractivity contribution in [3.05, 3.63) is 99.3 Å². The van der Waals surface area contributed by atoms with Gasteiger partial charge in [0.05, 0.1) is 19.3 Å². The summed E-state index contributed by atoms with van der Waals surface area (Å²) in [6.45, 7) is 5.56. The number of rotatable bonds is 14. The van der Waals surface area contributed by atoms with E-state index < -0.39 is 67.0 Å². The molecule has 0 saturated carbocycles. The van der Waals surface area contributed by atoms with Crippen LogP contribution in [0.3, 0.4) is 0 Å². The van der Waals surface area contributed by atoms with Crippen molar-refractivity contribution in [2.75, 3.05) is 6.61 Å². The second-order valence-corrected chi connectivity index (χ2v) is 13.4. The number of aliphatic hydroxyl groups is 1. The first-order valence-electron chi connectivity index (χ1n) is 14.2. The Labute approximate surface area is 265 Å². The summed E-state index contributed by atoms with van der Waals surface area (Å²) in [6.07, 6.45) is -3.10. The summed E-state index contributed by atoms with van der Waals surface area (Å²) in [6, 6.07) is 17.4. The Morgan fingerprint density at radius 2 is 1.73 bits per heavy atom. The third-order valence-corrected chi connectivity index (χ3v) is 8.89. The van der Waals surface area contributed by atoms with E-state index >= 15 is 0 Å². The number of hydrogen-bond acceptors (Lipinski definition) is 10. The molecule has 0 amide bonds. The number of nitrogens with zero attached hydrogens (tertiary/aromatic N) is 2. The fourth-order valence-corrected chi connectivity index (χ4v) is 6.31. The van der Waals surface area contributed by atoms with E-state index in [1.54, 1.807) is 44.2 Å². The van der Waals surface area contributed by atoms with Crippen LogP contribution in [0.5, 0.6) is 5.75 Å². The zero-order chi connectivity index (χ0) is 32.8. The van der Waals surface area contributed by atoms with Gasteiger partial charge in [-0.25, -0.2) is 13.9 Å². The smallest absolute Gasteiger partial charge is 0.459 e. The van der Waals surface area contributed by atoms with Crippen LogP contribution in [-0.2, 0) is 41.4 Å². The Morgan fingerprint density at radius 3 is 2.38 bits per heavy atom. The van der Waals surface area contributed by atoms with Crippen molar-refractivity contribution in [3.63, 3.8) is 0 Å². The van der Waals surface area contributed by atoms with Gasteiger partial charge in [0.25, 0.3) is 5.56 Å². The molecular weight excluding hydrogens is 629 g/mol. The number of esters is 1. The monoisotopic (exact) mass is 665 g/mol. The first-order chi connectivity index (χ1) is 21.3. The number of ether oxygens (including phenoxy) is 3. The summed E-state index contributed by atoms with van der Waals surface area (Å²) in [4.78, 5) is 36.8. The Balaban J connectivity index is 1.51. The van der Waals surface area contributed by atoms with E-state index in [-0.39, 0.29) is 19.1 Å². The Morgan fingerprint density at radius 1 is 1.09 bits per heavy atom. The number of aromatic nitrogens is 2. The van der Waals surface area contributed by atoms with Crippen molar-refractivity contribution in [1.29, 1.82) is 0 Å². The van der Waals surface area contributed by atoms with Crippen molar-refractivity contribution >= 4 is 25.3 Å². The van der Waals surface area contributed by atoms with Gasteiger partial charge in [-0.05, 0) is 45.4 Å². The largest absolute Gasteiger partial charge is 0.462 e. The number of alkyl halides is 1. The molecule has 1 aliphatic heterocycles. The van der Waals surface area contributed by atoms with Gasteiger partial charge in [0, 0.05) is 12.3 Å². The highest BCUT2D eigenvalue weighted by Gasteiger charge is 2.54. The van der Waals surface area contributed by atoms with Crippen LogP contribution in [-0.4, -0.2) is 56.0 Å². The van der Waals surface area contributed by atoms with Gasteiger partial charge in [-0.2, -0.15) is 5.09 Å². The Hall–Kier alpha value is -3.29. The lowest BCUT2D eigenvalue weighted by Gasteiger charge is -2.27. The average Bonchev–Trinajstić information content (AvgIpc) is 3.22. The van der Waals surface area contributed by atoms with Gasteiger partial charge in [-0.15, -0.1) is 11.6 Å². The second-order valence-electron chi connectivity index (χ2n) is 10.9. The maximum Gasteiger partial charge on any atom is 0.459 e. The number of aliphatic hydroxyl groups excluding tert-OH is 1. The molecule has 0 spiro atoms. The molecule has 45 heavy (non-hydrogen) atoms. The minimum atomic E-state index is -4.28. The van der Waals surface area contributed by atoms with Crippen molar-refractivity contribution in [2.24, 2.45) is 0 Å². The minimum absolute atomic E-state index is 0.167. The van der Waals surface area contributed by atoms with Crippen LogP contribution in [0, 0.1) is 0 Å². The Bertz CT molecular complexity index is 1600. The molecule has 3 aromatic rings. The van der Waals surface area contributed by atoms with Gasteiger partial charge in [-0.3, -0.25) is 18.7 Å². The van der Waals surface area contributed by atoms with Crippen LogP contribution in [0.2, 0.25) is 0 Å². The number of benzene rings is 2. The molecule has 0 radical (unpaired) electrons. The third-order valence-electron chi connectivity index (χ3n) is 6.83. The molecule has 1 saturated heterocycles. The molecule has 0 bridgehead atoms. The molecule has 244 valence electrons. The molecule has 1 fully saturated rings. The van der Waals surface area contributed by atoms with E-state index in [1.165, 1.54) is 20.0 Å².